The molecule has 2 aromatic heterocycles. The van der Waals surface area contributed by atoms with E-state index in [9.17, 15) is 9.59 Å². The molecule has 5 fully saturated rings. The monoisotopic (exact) mass is 709 g/mol. The van der Waals surface area contributed by atoms with E-state index in [1.807, 2.05) is 46.2 Å². The number of primary amides is 2. The van der Waals surface area contributed by atoms with Crippen LogP contribution in [0.1, 0.15) is 117 Å². The predicted molar refractivity (Wildman–Crippen MR) is 206 cm³/mol. The second kappa shape index (κ2) is 13.2. The van der Waals surface area contributed by atoms with E-state index >= 15 is 0 Å². The Morgan fingerprint density at radius 3 is 2.04 bits per heavy atom. The molecule has 4 N–H and O–H groups in total. The first-order valence-electron chi connectivity index (χ1n) is 20.1. The van der Waals surface area contributed by atoms with Crippen LogP contribution < -0.4 is 11.5 Å². The Morgan fingerprint density at radius 2 is 1.44 bits per heavy atom. The van der Waals surface area contributed by atoms with Gasteiger partial charge in [-0.05, 0) is 152 Å². The highest BCUT2D eigenvalue weighted by Crippen LogP contribution is 2.77. The van der Waals surface area contributed by atoms with E-state index in [0.717, 1.165) is 43.5 Å². The molecule has 1 unspecified atom stereocenters. The minimum Gasteiger partial charge on any atom is -0.351 e. The quantitative estimate of drug-likeness (QED) is 0.266. The van der Waals surface area contributed by atoms with E-state index in [1.54, 1.807) is 12.4 Å². The molecule has 10 atom stereocenters. The normalized spacial score (nSPS) is 38.9. The molecule has 0 bridgehead atoms. The second-order valence-electron chi connectivity index (χ2n) is 19.2. The van der Waals surface area contributed by atoms with Crippen LogP contribution in [0.15, 0.2) is 60.9 Å². The van der Waals surface area contributed by atoms with Crippen molar-refractivity contribution in [3.63, 3.8) is 0 Å². The first-order chi connectivity index (χ1) is 24.6. The number of hydrogen-bond acceptors (Lipinski definition) is 4. The van der Waals surface area contributed by atoms with Crippen LogP contribution >= 0.6 is 0 Å². The molecule has 282 valence electrons. The smallest absolute Gasteiger partial charge is 0.315 e. The highest BCUT2D eigenvalue weighted by Gasteiger charge is 2.71. The fourth-order valence-electron chi connectivity index (χ4n) is 14.4. The lowest BCUT2D eigenvalue weighted by Gasteiger charge is -2.73. The summed E-state index contributed by atoms with van der Waals surface area (Å²) in [5, 5.41) is 0. The van der Waals surface area contributed by atoms with E-state index in [0.29, 0.717) is 49.2 Å². The third-order valence-corrected chi connectivity index (χ3v) is 16.8. The first kappa shape index (κ1) is 36.9. The molecule has 0 aromatic carbocycles. The third kappa shape index (κ3) is 5.68. The summed E-state index contributed by atoms with van der Waals surface area (Å²) < 4.78 is 0. The minimum atomic E-state index is -0.346. The lowest BCUT2D eigenvalue weighted by molar-refractivity contribution is -0.243. The van der Waals surface area contributed by atoms with Crippen LogP contribution in [0.5, 0.6) is 0 Å². The molecule has 0 radical (unpaired) electrons. The highest BCUT2D eigenvalue weighted by atomic mass is 16.2. The van der Waals surface area contributed by atoms with Gasteiger partial charge in [0.2, 0.25) is 0 Å². The van der Waals surface area contributed by atoms with Crippen LogP contribution in [0.4, 0.5) is 9.59 Å². The Morgan fingerprint density at radius 1 is 0.769 bits per heavy atom. The second-order valence-corrected chi connectivity index (χ2v) is 19.2. The maximum absolute atomic E-state index is 13.1. The van der Waals surface area contributed by atoms with Gasteiger partial charge >= 0.3 is 12.1 Å². The zero-order chi connectivity index (χ0) is 37.3. The molecular weight excluding hydrogens is 645 g/mol. The summed E-state index contributed by atoms with van der Waals surface area (Å²) in [6, 6.07) is 11.2. The highest BCUT2D eigenvalue weighted by molar-refractivity contribution is 5.72. The van der Waals surface area contributed by atoms with Crippen LogP contribution in [0.2, 0.25) is 0 Å². The average molecular weight is 709 g/mol. The largest absolute Gasteiger partial charge is 0.351 e. The van der Waals surface area contributed by atoms with Gasteiger partial charge in [0.1, 0.15) is 0 Å². The molecule has 5 saturated carbocycles. The number of rotatable bonds is 8. The number of urea groups is 2. The summed E-state index contributed by atoms with van der Waals surface area (Å²) in [5.41, 5.74) is 15.9. The van der Waals surface area contributed by atoms with Crippen LogP contribution in [-0.4, -0.2) is 44.4 Å². The number of carbonyl (C=O) groups excluding carboxylic acids is 2. The Bertz CT molecular complexity index is 1660. The van der Waals surface area contributed by atoms with E-state index in [4.69, 9.17) is 11.5 Å². The summed E-state index contributed by atoms with van der Waals surface area (Å²) >= 11 is 0. The Hall–Kier alpha value is -3.42. The fraction of sp³-hybridized carbons (Fsp3) is 0.682. The van der Waals surface area contributed by atoms with Gasteiger partial charge in [0.25, 0.3) is 0 Å². The van der Waals surface area contributed by atoms with Gasteiger partial charge in [0, 0.05) is 25.0 Å². The summed E-state index contributed by atoms with van der Waals surface area (Å²) in [6.07, 6.45) is 15.1. The van der Waals surface area contributed by atoms with Gasteiger partial charge in [-0.3, -0.25) is 9.97 Å². The number of carbonyl (C=O) groups is 2. The van der Waals surface area contributed by atoms with Crippen LogP contribution in [0.3, 0.4) is 0 Å². The number of allylic oxidation sites excluding steroid dienone is 1. The van der Waals surface area contributed by atoms with Gasteiger partial charge in [-0.1, -0.05) is 58.9 Å². The van der Waals surface area contributed by atoms with Crippen molar-refractivity contribution in [1.82, 2.24) is 19.8 Å². The van der Waals surface area contributed by atoms with E-state index in [2.05, 4.69) is 58.1 Å². The summed E-state index contributed by atoms with van der Waals surface area (Å²) in [7, 11) is 0. The van der Waals surface area contributed by atoms with Gasteiger partial charge < -0.3 is 21.3 Å². The lowest BCUT2D eigenvalue weighted by atomic mass is 9.32. The first-order valence-corrected chi connectivity index (χ1v) is 20.1. The number of nitrogens with zero attached hydrogens (tertiary/aromatic N) is 4. The molecule has 7 rings (SSSR count). The Balaban J connectivity index is 1.18. The number of pyridine rings is 2. The Labute approximate surface area is 312 Å². The Kier molecular flexibility index (Phi) is 9.34. The molecule has 0 aliphatic heterocycles. The van der Waals surface area contributed by atoms with Crippen molar-refractivity contribution < 1.29 is 9.59 Å². The van der Waals surface area contributed by atoms with Gasteiger partial charge in [-0.25, -0.2) is 9.59 Å². The summed E-state index contributed by atoms with van der Waals surface area (Å²) in [6.45, 7) is 21.2. The van der Waals surface area contributed by atoms with Crippen molar-refractivity contribution in [2.45, 2.75) is 125 Å². The summed E-state index contributed by atoms with van der Waals surface area (Å²) in [5.74, 6) is 2.64. The van der Waals surface area contributed by atoms with Crippen LogP contribution in [0.25, 0.3) is 0 Å². The van der Waals surface area contributed by atoms with E-state index in [1.165, 1.54) is 37.7 Å². The van der Waals surface area contributed by atoms with Crippen molar-refractivity contribution in [2.75, 3.05) is 6.54 Å². The number of amides is 4. The molecule has 0 spiro atoms. The van der Waals surface area contributed by atoms with Gasteiger partial charge in [-0.2, -0.15) is 0 Å². The molecule has 5 aliphatic rings. The minimum absolute atomic E-state index is 0.0355. The van der Waals surface area contributed by atoms with E-state index in [-0.39, 0.29) is 45.2 Å². The summed E-state index contributed by atoms with van der Waals surface area (Å²) in [4.78, 5) is 39.0. The molecule has 8 nitrogen and oxygen atoms in total. The standard InChI is InChI=1S/C44H64N6O2/c1-29(2)32-16-21-44(28-49(38(45)51)26-30-12-8-10-24-47-30)23-22-42(6)33(37(32)44)14-15-35-41(5)19-18-36(40(3,4)34(41)17-20-43(35,42)7)50(39(46)52)27-31-13-9-11-25-48-31/h8-13,24-25,32-37H,1,14-23,26-28H2,2-7H3,(H2,45,51)(H2,46,52)/t32-,33+,34-,35+,36?,37+,41-,42+,43+,44+/m0/s1. The van der Waals surface area contributed by atoms with Crippen molar-refractivity contribution in [2.24, 2.45) is 68.1 Å². The van der Waals surface area contributed by atoms with Crippen LogP contribution in [-0.2, 0) is 13.1 Å². The van der Waals surface area contributed by atoms with Crippen molar-refractivity contribution >= 4 is 12.1 Å². The lowest BCUT2D eigenvalue weighted by Crippen LogP contribution is -2.68. The molecule has 5 aliphatic carbocycles. The third-order valence-electron chi connectivity index (χ3n) is 16.8. The van der Waals surface area contributed by atoms with Gasteiger partial charge in [0.15, 0.2) is 0 Å². The maximum Gasteiger partial charge on any atom is 0.315 e. The van der Waals surface area contributed by atoms with Gasteiger partial charge in [0.05, 0.1) is 24.5 Å². The fourth-order valence-corrected chi connectivity index (χ4v) is 14.4. The molecular formula is C44H64N6O2. The average Bonchev–Trinajstić information content (AvgIpc) is 3.48. The van der Waals surface area contributed by atoms with Crippen molar-refractivity contribution in [3.8, 4) is 0 Å². The molecule has 0 saturated heterocycles. The zero-order valence-corrected chi connectivity index (χ0v) is 32.7. The topological polar surface area (TPSA) is 118 Å². The zero-order valence-electron chi connectivity index (χ0n) is 32.7. The number of aromatic nitrogens is 2. The molecule has 52 heavy (non-hydrogen) atoms. The maximum atomic E-state index is 13.1. The SMILES string of the molecule is C=C(C)[C@@H]1CC[C@]2(CN(Cc3ccccn3)C(N)=O)CC[C@]3(C)[C@H](CC[C@@H]4[C@@]5(C)CCC(N(Cc6ccccn6)C(N)=O)C(C)(C)[C@@H]5CC[C@]43C)[C@@H]12. The number of fused-ring (bicyclic) bond motifs is 7. The van der Waals surface area contributed by atoms with Crippen LogP contribution in [0, 0.1) is 56.7 Å². The molecule has 4 amide bonds. The van der Waals surface area contributed by atoms with E-state index < -0.39 is 0 Å². The predicted octanol–water partition coefficient (Wildman–Crippen LogP) is 8.96. The number of hydrogen-bond donors (Lipinski definition) is 2. The number of nitrogens with two attached hydrogens (primary N) is 2. The molecule has 2 aromatic rings. The van der Waals surface area contributed by atoms with Crippen molar-refractivity contribution in [3.05, 3.63) is 72.3 Å². The molecule has 8 heteroatoms. The van der Waals surface area contributed by atoms with Crippen molar-refractivity contribution in [1.29, 1.82) is 0 Å². The molecule has 2 heterocycles. The van der Waals surface area contributed by atoms with Gasteiger partial charge in [-0.15, -0.1) is 0 Å².